The predicted octanol–water partition coefficient (Wildman–Crippen LogP) is 3.04. The van der Waals surface area contributed by atoms with Crippen LogP contribution in [0.3, 0.4) is 0 Å². The zero-order valence-electron chi connectivity index (χ0n) is 8.96. The maximum atomic E-state index is 13.0. The molecule has 4 heteroatoms. The molecule has 0 aliphatic rings. The molecular formula is C12H10F2N2. The molecule has 0 radical (unpaired) electrons. The Labute approximate surface area is 92.0 Å². The third-order valence-electron chi connectivity index (χ3n) is 2.39. The average molecular weight is 220 g/mol. The second-order valence-corrected chi connectivity index (χ2v) is 3.66. The van der Waals surface area contributed by atoms with Crippen molar-refractivity contribution in [2.45, 2.75) is 13.8 Å². The van der Waals surface area contributed by atoms with Crippen LogP contribution in [0.4, 0.5) is 8.78 Å². The van der Waals surface area contributed by atoms with E-state index in [1.54, 1.807) is 6.07 Å². The lowest BCUT2D eigenvalue weighted by Gasteiger charge is -2.03. The number of halogens is 2. The number of hydrogen-bond acceptors (Lipinski definition) is 2. The first-order valence-corrected chi connectivity index (χ1v) is 4.83. The standard InChI is InChI=1S/C12H10F2N2/c1-7-3-12(16-15-8(7)2)9-4-10(13)6-11(14)5-9/h3-6H,1-2H3. The SMILES string of the molecule is Cc1cc(-c2cc(F)cc(F)c2)nnc1C. The molecule has 82 valence electrons. The van der Waals surface area contributed by atoms with Crippen molar-refractivity contribution in [3.05, 3.63) is 47.2 Å². The summed E-state index contributed by atoms with van der Waals surface area (Å²) in [5.41, 5.74) is 2.62. The van der Waals surface area contributed by atoms with Gasteiger partial charge in [-0.25, -0.2) is 8.78 Å². The minimum absolute atomic E-state index is 0.396. The lowest BCUT2D eigenvalue weighted by Crippen LogP contribution is -1.94. The van der Waals surface area contributed by atoms with E-state index in [4.69, 9.17) is 0 Å². The molecule has 2 rings (SSSR count). The summed E-state index contributed by atoms with van der Waals surface area (Å²) < 4.78 is 26.0. The molecule has 0 unspecified atom stereocenters. The van der Waals surface area contributed by atoms with Crippen molar-refractivity contribution in [3.8, 4) is 11.3 Å². The first-order chi connectivity index (χ1) is 7.56. The van der Waals surface area contributed by atoms with Crippen molar-refractivity contribution < 1.29 is 8.78 Å². The van der Waals surface area contributed by atoms with Crippen LogP contribution >= 0.6 is 0 Å². The largest absolute Gasteiger partial charge is 0.207 e. The van der Waals surface area contributed by atoms with Gasteiger partial charge in [-0.05, 0) is 37.6 Å². The monoisotopic (exact) mass is 220 g/mol. The summed E-state index contributed by atoms with van der Waals surface area (Å²) in [6.45, 7) is 3.71. The Morgan fingerprint density at radius 1 is 0.875 bits per heavy atom. The van der Waals surface area contributed by atoms with Gasteiger partial charge in [0.2, 0.25) is 0 Å². The number of benzene rings is 1. The van der Waals surface area contributed by atoms with Crippen molar-refractivity contribution in [2.24, 2.45) is 0 Å². The highest BCUT2D eigenvalue weighted by Gasteiger charge is 2.06. The molecule has 0 bridgehead atoms. The average Bonchev–Trinajstić information content (AvgIpc) is 2.20. The molecular weight excluding hydrogens is 210 g/mol. The van der Waals surface area contributed by atoms with Crippen LogP contribution in [-0.2, 0) is 0 Å². The number of hydrogen-bond donors (Lipinski definition) is 0. The van der Waals surface area contributed by atoms with E-state index in [2.05, 4.69) is 10.2 Å². The zero-order chi connectivity index (χ0) is 11.7. The van der Waals surface area contributed by atoms with E-state index >= 15 is 0 Å². The van der Waals surface area contributed by atoms with Crippen LogP contribution in [0.15, 0.2) is 24.3 Å². The van der Waals surface area contributed by atoms with Gasteiger partial charge in [-0.1, -0.05) is 0 Å². The van der Waals surface area contributed by atoms with Crippen molar-refractivity contribution in [2.75, 3.05) is 0 Å². The fourth-order valence-corrected chi connectivity index (χ4v) is 1.39. The highest BCUT2D eigenvalue weighted by molar-refractivity contribution is 5.59. The molecule has 1 aromatic heterocycles. The molecule has 0 saturated carbocycles. The Balaban J connectivity index is 2.54. The quantitative estimate of drug-likeness (QED) is 0.738. The van der Waals surface area contributed by atoms with Crippen LogP contribution in [0.2, 0.25) is 0 Å². The smallest absolute Gasteiger partial charge is 0.126 e. The molecule has 0 spiro atoms. The van der Waals surface area contributed by atoms with Gasteiger partial charge in [0.05, 0.1) is 11.4 Å². The van der Waals surface area contributed by atoms with E-state index in [0.29, 0.717) is 11.3 Å². The van der Waals surface area contributed by atoms with Crippen LogP contribution in [0, 0.1) is 25.5 Å². The Morgan fingerprint density at radius 3 is 2.06 bits per heavy atom. The van der Waals surface area contributed by atoms with Gasteiger partial charge in [0.25, 0.3) is 0 Å². The molecule has 1 heterocycles. The second-order valence-electron chi connectivity index (χ2n) is 3.66. The molecule has 16 heavy (non-hydrogen) atoms. The fourth-order valence-electron chi connectivity index (χ4n) is 1.39. The predicted molar refractivity (Wildman–Crippen MR) is 56.9 cm³/mol. The second kappa shape index (κ2) is 3.96. The van der Waals surface area contributed by atoms with E-state index < -0.39 is 11.6 Å². The molecule has 1 aromatic carbocycles. The molecule has 2 nitrogen and oxygen atoms in total. The third-order valence-corrected chi connectivity index (χ3v) is 2.39. The summed E-state index contributed by atoms with van der Waals surface area (Å²) >= 11 is 0. The van der Waals surface area contributed by atoms with E-state index in [-0.39, 0.29) is 0 Å². The molecule has 0 aliphatic heterocycles. The fraction of sp³-hybridized carbons (Fsp3) is 0.167. The summed E-state index contributed by atoms with van der Waals surface area (Å²) in [6, 6.07) is 5.07. The van der Waals surface area contributed by atoms with Crippen molar-refractivity contribution in [1.82, 2.24) is 10.2 Å². The molecule has 0 atom stereocenters. The highest BCUT2D eigenvalue weighted by Crippen LogP contribution is 2.20. The summed E-state index contributed by atoms with van der Waals surface area (Å²) in [7, 11) is 0. The highest BCUT2D eigenvalue weighted by atomic mass is 19.1. The summed E-state index contributed by atoms with van der Waals surface area (Å²) in [4.78, 5) is 0. The van der Waals surface area contributed by atoms with E-state index in [1.807, 2.05) is 13.8 Å². The Morgan fingerprint density at radius 2 is 1.50 bits per heavy atom. The van der Waals surface area contributed by atoms with Crippen LogP contribution < -0.4 is 0 Å². The van der Waals surface area contributed by atoms with Gasteiger partial charge in [-0.3, -0.25) is 0 Å². The van der Waals surface area contributed by atoms with E-state index in [1.165, 1.54) is 12.1 Å². The van der Waals surface area contributed by atoms with Crippen LogP contribution in [0.5, 0.6) is 0 Å². The molecule has 0 saturated heterocycles. The van der Waals surface area contributed by atoms with E-state index in [9.17, 15) is 8.78 Å². The Hall–Kier alpha value is -1.84. The van der Waals surface area contributed by atoms with Crippen LogP contribution in [0.1, 0.15) is 11.3 Å². The van der Waals surface area contributed by atoms with Crippen molar-refractivity contribution >= 4 is 0 Å². The van der Waals surface area contributed by atoms with Gasteiger partial charge in [-0.15, -0.1) is 0 Å². The number of aryl methyl sites for hydroxylation is 2. The molecule has 0 amide bonds. The summed E-state index contributed by atoms with van der Waals surface area (Å²) in [5, 5.41) is 7.83. The van der Waals surface area contributed by atoms with Gasteiger partial charge in [-0.2, -0.15) is 10.2 Å². The Bertz CT molecular complexity index is 518. The van der Waals surface area contributed by atoms with Crippen molar-refractivity contribution in [3.63, 3.8) is 0 Å². The summed E-state index contributed by atoms with van der Waals surface area (Å²) in [5.74, 6) is -1.23. The Kier molecular flexibility index (Phi) is 2.64. The first-order valence-electron chi connectivity index (χ1n) is 4.83. The molecule has 0 aliphatic carbocycles. The topological polar surface area (TPSA) is 25.8 Å². The minimum Gasteiger partial charge on any atom is -0.207 e. The van der Waals surface area contributed by atoms with Crippen molar-refractivity contribution in [1.29, 1.82) is 0 Å². The molecule has 2 aromatic rings. The molecule has 0 fully saturated rings. The maximum Gasteiger partial charge on any atom is 0.126 e. The van der Waals surface area contributed by atoms with E-state index in [0.717, 1.165) is 17.3 Å². The molecule has 0 N–H and O–H groups in total. The first kappa shape index (κ1) is 10.7. The summed E-state index contributed by atoms with van der Waals surface area (Å²) in [6.07, 6.45) is 0. The normalized spacial score (nSPS) is 10.5. The maximum absolute atomic E-state index is 13.0. The van der Waals surface area contributed by atoms with Gasteiger partial charge in [0.1, 0.15) is 11.6 Å². The lowest BCUT2D eigenvalue weighted by molar-refractivity contribution is 0.584. The zero-order valence-corrected chi connectivity index (χ0v) is 8.96. The van der Waals surface area contributed by atoms with Gasteiger partial charge in [0, 0.05) is 11.6 Å². The third kappa shape index (κ3) is 2.05. The van der Waals surface area contributed by atoms with Gasteiger partial charge >= 0.3 is 0 Å². The number of rotatable bonds is 1. The van der Waals surface area contributed by atoms with Crippen LogP contribution in [-0.4, -0.2) is 10.2 Å². The van der Waals surface area contributed by atoms with Gasteiger partial charge in [0.15, 0.2) is 0 Å². The van der Waals surface area contributed by atoms with Gasteiger partial charge < -0.3 is 0 Å². The lowest BCUT2D eigenvalue weighted by atomic mass is 10.1. The minimum atomic E-state index is -0.616. The number of aromatic nitrogens is 2. The number of nitrogens with zero attached hydrogens (tertiary/aromatic N) is 2. The van der Waals surface area contributed by atoms with Crippen LogP contribution in [0.25, 0.3) is 11.3 Å².